The van der Waals surface area contributed by atoms with E-state index >= 15 is 0 Å². The van der Waals surface area contributed by atoms with Gasteiger partial charge in [0.2, 0.25) is 0 Å². The Hall–Kier alpha value is -0.120. The molecule has 1 aromatic rings. The maximum atomic E-state index is 3.66. The van der Waals surface area contributed by atoms with Crippen molar-refractivity contribution >= 4 is 23.5 Å². The van der Waals surface area contributed by atoms with Crippen molar-refractivity contribution in [3.8, 4) is 0 Å². The van der Waals surface area contributed by atoms with Crippen molar-refractivity contribution in [2.24, 2.45) is 0 Å². The van der Waals surface area contributed by atoms with Gasteiger partial charge in [-0.1, -0.05) is 44.2 Å². The van der Waals surface area contributed by atoms with Gasteiger partial charge in [0.05, 0.1) is 0 Å². The van der Waals surface area contributed by atoms with Crippen LogP contribution in [0.4, 0.5) is 0 Å². The second-order valence-corrected chi connectivity index (χ2v) is 7.13. The second kappa shape index (κ2) is 6.72. The average Bonchev–Trinajstić information content (AvgIpc) is 2.38. The van der Waals surface area contributed by atoms with Crippen molar-refractivity contribution in [2.45, 2.75) is 30.4 Å². The molecule has 1 fully saturated rings. The van der Waals surface area contributed by atoms with Crippen molar-refractivity contribution in [1.82, 2.24) is 5.32 Å². The van der Waals surface area contributed by atoms with Crippen LogP contribution < -0.4 is 5.32 Å². The van der Waals surface area contributed by atoms with E-state index in [0.29, 0.717) is 11.3 Å². The van der Waals surface area contributed by atoms with E-state index in [1.807, 2.05) is 0 Å². The predicted octanol–water partition coefficient (Wildman–Crippen LogP) is 3.57. The summed E-state index contributed by atoms with van der Waals surface area (Å²) in [7, 11) is 0. The van der Waals surface area contributed by atoms with E-state index in [1.54, 1.807) is 0 Å². The first kappa shape index (κ1) is 13.3. The summed E-state index contributed by atoms with van der Waals surface area (Å²) in [6.07, 6.45) is 0. The first-order chi connectivity index (χ1) is 8.33. The molecule has 0 bridgehead atoms. The molecule has 1 nitrogen and oxygen atoms in total. The zero-order valence-electron chi connectivity index (χ0n) is 10.6. The lowest BCUT2D eigenvalue weighted by molar-refractivity contribution is 0.526. The third kappa shape index (κ3) is 3.43. The molecule has 3 unspecified atom stereocenters. The summed E-state index contributed by atoms with van der Waals surface area (Å²) in [5.74, 6) is 2.59. The van der Waals surface area contributed by atoms with E-state index in [2.05, 4.69) is 73.0 Å². The van der Waals surface area contributed by atoms with Gasteiger partial charge >= 0.3 is 0 Å². The van der Waals surface area contributed by atoms with E-state index in [9.17, 15) is 0 Å². The molecule has 2 rings (SSSR count). The highest BCUT2D eigenvalue weighted by atomic mass is 32.2. The van der Waals surface area contributed by atoms with Gasteiger partial charge in [-0.3, -0.25) is 0 Å². The molecule has 0 aromatic heterocycles. The Morgan fingerprint density at radius 2 is 1.94 bits per heavy atom. The fourth-order valence-corrected chi connectivity index (χ4v) is 5.27. The summed E-state index contributed by atoms with van der Waals surface area (Å²) in [5.41, 5.74) is 1.43. The minimum Gasteiger partial charge on any atom is -0.309 e. The molecule has 1 aromatic carbocycles. The number of hydrogen-bond acceptors (Lipinski definition) is 3. The number of thioether (sulfide) groups is 2. The van der Waals surface area contributed by atoms with E-state index in [0.717, 1.165) is 11.8 Å². The third-order valence-electron chi connectivity index (χ3n) is 3.15. The molecule has 0 amide bonds. The van der Waals surface area contributed by atoms with Crippen molar-refractivity contribution in [2.75, 3.05) is 18.1 Å². The van der Waals surface area contributed by atoms with Crippen LogP contribution in [0.2, 0.25) is 0 Å². The monoisotopic (exact) mass is 267 g/mol. The molecule has 3 heteroatoms. The highest BCUT2D eigenvalue weighted by Crippen LogP contribution is 2.38. The molecule has 1 saturated heterocycles. The van der Waals surface area contributed by atoms with Crippen LogP contribution in [0.25, 0.3) is 0 Å². The molecule has 0 spiro atoms. The molecule has 1 aliphatic heterocycles. The quantitative estimate of drug-likeness (QED) is 0.895. The minimum atomic E-state index is 0.494. The first-order valence-corrected chi connectivity index (χ1v) is 8.44. The van der Waals surface area contributed by atoms with Gasteiger partial charge in [0, 0.05) is 28.0 Å². The van der Waals surface area contributed by atoms with Gasteiger partial charge in [0.1, 0.15) is 0 Å². The van der Waals surface area contributed by atoms with Crippen LogP contribution in [0.3, 0.4) is 0 Å². The predicted molar refractivity (Wildman–Crippen MR) is 81.0 cm³/mol. The molecule has 3 atom stereocenters. The Labute approximate surface area is 113 Å². The topological polar surface area (TPSA) is 12.0 Å². The van der Waals surface area contributed by atoms with Crippen molar-refractivity contribution in [3.05, 3.63) is 35.9 Å². The fraction of sp³-hybridized carbons (Fsp3) is 0.571. The van der Waals surface area contributed by atoms with Gasteiger partial charge in [-0.2, -0.15) is 23.5 Å². The summed E-state index contributed by atoms with van der Waals surface area (Å²) >= 11 is 4.25. The Kier molecular flexibility index (Phi) is 5.26. The fourth-order valence-electron chi connectivity index (χ4n) is 2.32. The standard InChI is InChI=1S/C14H21NS2/c1-3-15-13(12-7-5-4-6-8-12)14-11(2)16-9-10-17-14/h4-8,11,13-15H,3,9-10H2,1-2H3. The van der Waals surface area contributed by atoms with Gasteiger partial charge < -0.3 is 5.32 Å². The SMILES string of the molecule is CCNC(c1ccccc1)C1SCCSC1C. The Balaban J connectivity index is 2.16. The Morgan fingerprint density at radius 1 is 1.24 bits per heavy atom. The van der Waals surface area contributed by atoms with Crippen LogP contribution in [-0.4, -0.2) is 28.6 Å². The largest absolute Gasteiger partial charge is 0.309 e. The molecule has 1 aliphatic rings. The average molecular weight is 267 g/mol. The van der Waals surface area contributed by atoms with Crippen LogP contribution >= 0.6 is 23.5 Å². The highest BCUT2D eigenvalue weighted by Gasteiger charge is 2.30. The van der Waals surface area contributed by atoms with Crippen LogP contribution in [0.15, 0.2) is 30.3 Å². The molecular formula is C14H21NS2. The van der Waals surface area contributed by atoms with E-state index in [-0.39, 0.29) is 0 Å². The third-order valence-corrected chi connectivity index (χ3v) is 6.34. The Morgan fingerprint density at radius 3 is 2.59 bits per heavy atom. The summed E-state index contributed by atoms with van der Waals surface area (Å²) < 4.78 is 0. The van der Waals surface area contributed by atoms with E-state index in [1.165, 1.54) is 17.1 Å². The zero-order chi connectivity index (χ0) is 12.1. The second-order valence-electron chi connectivity index (χ2n) is 4.36. The number of benzene rings is 1. The van der Waals surface area contributed by atoms with Gasteiger partial charge in [-0.15, -0.1) is 0 Å². The van der Waals surface area contributed by atoms with Gasteiger partial charge in [-0.25, -0.2) is 0 Å². The first-order valence-electron chi connectivity index (χ1n) is 6.34. The van der Waals surface area contributed by atoms with Gasteiger partial charge in [-0.05, 0) is 12.1 Å². The molecule has 0 aliphatic carbocycles. The van der Waals surface area contributed by atoms with Crippen molar-refractivity contribution in [1.29, 1.82) is 0 Å². The van der Waals surface area contributed by atoms with E-state index < -0.39 is 0 Å². The normalized spacial score (nSPS) is 26.7. The summed E-state index contributed by atoms with van der Waals surface area (Å²) in [6, 6.07) is 11.4. The summed E-state index contributed by atoms with van der Waals surface area (Å²) in [5, 5.41) is 5.09. The number of hydrogen-bond donors (Lipinski definition) is 1. The lowest BCUT2D eigenvalue weighted by Gasteiger charge is -2.35. The highest BCUT2D eigenvalue weighted by molar-refractivity contribution is 8.07. The molecule has 1 N–H and O–H groups in total. The summed E-state index contributed by atoms with van der Waals surface area (Å²) in [4.78, 5) is 0. The zero-order valence-corrected chi connectivity index (χ0v) is 12.2. The number of nitrogens with one attached hydrogen (secondary N) is 1. The molecular weight excluding hydrogens is 246 g/mol. The van der Waals surface area contributed by atoms with Gasteiger partial charge in [0.15, 0.2) is 0 Å². The van der Waals surface area contributed by atoms with Crippen LogP contribution in [-0.2, 0) is 0 Å². The molecule has 0 radical (unpaired) electrons. The maximum absolute atomic E-state index is 3.66. The van der Waals surface area contributed by atoms with Crippen molar-refractivity contribution < 1.29 is 0 Å². The van der Waals surface area contributed by atoms with Crippen LogP contribution in [0.5, 0.6) is 0 Å². The Bertz CT molecular complexity index is 328. The smallest absolute Gasteiger partial charge is 0.0451 e. The summed E-state index contributed by atoms with van der Waals surface area (Å²) in [6.45, 7) is 5.60. The lowest BCUT2D eigenvalue weighted by atomic mass is 10.0. The van der Waals surface area contributed by atoms with Gasteiger partial charge in [0.25, 0.3) is 0 Å². The van der Waals surface area contributed by atoms with E-state index in [4.69, 9.17) is 0 Å². The maximum Gasteiger partial charge on any atom is 0.0451 e. The van der Waals surface area contributed by atoms with Crippen LogP contribution in [0, 0.1) is 0 Å². The molecule has 1 heterocycles. The molecule has 0 saturated carbocycles. The molecule has 17 heavy (non-hydrogen) atoms. The van der Waals surface area contributed by atoms with Crippen molar-refractivity contribution in [3.63, 3.8) is 0 Å². The van der Waals surface area contributed by atoms with Crippen LogP contribution in [0.1, 0.15) is 25.5 Å². The molecule has 94 valence electrons. The lowest BCUT2D eigenvalue weighted by Crippen LogP contribution is -2.37. The minimum absolute atomic E-state index is 0.494. The number of rotatable bonds is 4.